The van der Waals surface area contributed by atoms with Crippen LogP contribution in [0.15, 0.2) is 5.38 Å². The predicted molar refractivity (Wildman–Crippen MR) is 79.1 cm³/mol. The number of hydrogen-bond donors (Lipinski definition) is 1. The molecule has 0 radical (unpaired) electrons. The van der Waals surface area contributed by atoms with Crippen LogP contribution in [0.25, 0.3) is 0 Å². The molecule has 2 rings (SSSR count). The number of rotatable bonds is 5. The lowest BCUT2D eigenvalue weighted by Gasteiger charge is -2.13. The zero-order valence-electron chi connectivity index (χ0n) is 12.0. The maximum absolute atomic E-state index is 12.0. The van der Waals surface area contributed by atoms with E-state index < -0.39 is 0 Å². The predicted octanol–water partition coefficient (Wildman–Crippen LogP) is 2.70. The summed E-state index contributed by atoms with van der Waals surface area (Å²) >= 11 is 1.63. The van der Waals surface area contributed by atoms with Gasteiger partial charge >= 0.3 is 5.97 Å². The van der Waals surface area contributed by atoms with Gasteiger partial charge in [0.1, 0.15) is 0 Å². The summed E-state index contributed by atoms with van der Waals surface area (Å²) in [6.07, 6.45) is 5.18. The summed E-state index contributed by atoms with van der Waals surface area (Å²) < 4.78 is 5.12. The molecule has 0 saturated carbocycles. The summed E-state index contributed by atoms with van der Waals surface area (Å²) in [6, 6.07) is 0.107. The first-order chi connectivity index (χ1) is 9.61. The third-order valence-corrected chi connectivity index (χ3v) is 4.72. The zero-order valence-corrected chi connectivity index (χ0v) is 12.8. The Morgan fingerprint density at radius 1 is 1.40 bits per heavy atom. The van der Waals surface area contributed by atoms with Crippen molar-refractivity contribution in [2.24, 2.45) is 0 Å². The minimum absolute atomic E-state index is 0.107. The van der Waals surface area contributed by atoms with Gasteiger partial charge in [-0.15, -0.1) is 11.3 Å². The second kappa shape index (κ2) is 6.88. The standard InChI is InChI=1S/C15H21NO3S/c1-3-10(2)16-14(17)8-19-15(18)12-9-20-13-7-5-4-6-11(12)13/h9-10H,3-8H2,1-2H3,(H,16,17)/t10-/m0/s1. The van der Waals surface area contributed by atoms with Crippen molar-refractivity contribution < 1.29 is 14.3 Å². The molecule has 1 aromatic heterocycles. The highest BCUT2D eigenvalue weighted by atomic mass is 32.1. The number of fused-ring (bicyclic) bond motifs is 1. The Balaban J connectivity index is 1.89. The first-order valence-electron chi connectivity index (χ1n) is 7.17. The van der Waals surface area contributed by atoms with Crippen LogP contribution in [0.3, 0.4) is 0 Å². The molecule has 0 aromatic carbocycles. The fourth-order valence-electron chi connectivity index (χ4n) is 2.29. The van der Waals surface area contributed by atoms with Gasteiger partial charge in [0, 0.05) is 16.3 Å². The van der Waals surface area contributed by atoms with E-state index in [1.807, 2.05) is 19.2 Å². The molecular formula is C15H21NO3S. The molecule has 1 N–H and O–H groups in total. The van der Waals surface area contributed by atoms with Crippen molar-refractivity contribution in [1.29, 1.82) is 0 Å². The summed E-state index contributed by atoms with van der Waals surface area (Å²) in [6.45, 7) is 3.72. The second-order valence-corrected chi connectivity index (χ2v) is 6.18. The van der Waals surface area contributed by atoms with E-state index in [4.69, 9.17) is 4.74 Å². The second-order valence-electron chi connectivity index (χ2n) is 5.21. The van der Waals surface area contributed by atoms with Gasteiger partial charge in [-0.2, -0.15) is 0 Å². The highest BCUT2D eigenvalue weighted by Gasteiger charge is 2.21. The number of hydrogen-bond acceptors (Lipinski definition) is 4. The summed E-state index contributed by atoms with van der Waals surface area (Å²) in [5.41, 5.74) is 1.79. The van der Waals surface area contributed by atoms with Crippen LogP contribution in [0, 0.1) is 0 Å². The molecule has 1 amide bonds. The van der Waals surface area contributed by atoms with Crippen LogP contribution >= 0.6 is 11.3 Å². The Morgan fingerprint density at radius 2 is 2.15 bits per heavy atom. The van der Waals surface area contributed by atoms with Gasteiger partial charge in [-0.1, -0.05) is 6.92 Å². The topological polar surface area (TPSA) is 55.4 Å². The number of esters is 1. The van der Waals surface area contributed by atoms with Gasteiger partial charge in [0.05, 0.1) is 5.56 Å². The first-order valence-corrected chi connectivity index (χ1v) is 8.05. The lowest BCUT2D eigenvalue weighted by Crippen LogP contribution is -2.35. The normalized spacial score (nSPS) is 15.3. The fraction of sp³-hybridized carbons (Fsp3) is 0.600. The molecule has 4 nitrogen and oxygen atoms in total. The molecule has 1 atom stereocenters. The number of ether oxygens (including phenoxy) is 1. The smallest absolute Gasteiger partial charge is 0.339 e. The van der Waals surface area contributed by atoms with Crippen LogP contribution in [0.5, 0.6) is 0 Å². The van der Waals surface area contributed by atoms with Crippen LogP contribution in [0.1, 0.15) is 53.9 Å². The highest BCUT2D eigenvalue weighted by Crippen LogP contribution is 2.30. The largest absolute Gasteiger partial charge is 0.452 e. The van der Waals surface area contributed by atoms with Gasteiger partial charge in [-0.3, -0.25) is 4.79 Å². The summed E-state index contributed by atoms with van der Waals surface area (Å²) in [5.74, 6) is -0.611. The Morgan fingerprint density at radius 3 is 2.90 bits per heavy atom. The number of aryl methyl sites for hydroxylation is 1. The molecule has 5 heteroatoms. The quantitative estimate of drug-likeness (QED) is 0.850. The minimum atomic E-state index is -0.372. The van der Waals surface area contributed by atoms with Crippen LogP contribution in [0.2, 0.25) is 0 Å². The molecule has 1 heterocycles. The van der Waals surface area contributed by atoms with E-state index in [1.165, 1.54) is 11.3 Å². The van der Waals surface area contributed by atoms with E-state index in [9.17, 15) is 9.59 Å². The molecule has 110 valence electrons. The lowest BCUT2D eigenvalue weighted by molar-refractivity contribution is -0.124. The van der Waals surface area contributed by atoms with Crippen LogP contribution < -0.4 is 5.32 Å². The average Bonchev–Trinajstić information content (AvgIpc) is 2.88. The average molecular weight is 295 g/mol. The van der Waals surface area contributed by atoms with Crippen LogP contribution in [-0.4, -0.2) is 24.5 Å². The number of carbonyl (C=O) groups excluding carboxylic acids is 2. The summed E-state index contributed by atoms with van der Waals surface area (Å²) in [5, 5.41) is 4.64. The van der Waals surface area contributed by atoms with E-state index in [0.717, 1.165) is 31.2 Å². The molecule has 1 aliphatic carbocycles. The fourth-order valence-corrected chi connectivity index (χ4v) is 3.41. The highest BCUT2D eigenvalue weighted by molar-refractivity contribution is 7.10. The van der Waals surface area contributed by atoms with E-state index in [2.05, 4.69) is 5.32 Å². The maximum atomic E-state index is 12.0. The molecule has 1 aliphatic rings. The van der Waals surface area contributed by atoms with Crippen molar-refractivity contribution in [3.05, 3.63) is 21.4 Å². The van der Waals surface area contributed by atoms with Gasteiger partial charge in [0.2, 0.25) is 0 Å². The third kappa shape index (κ3) is 3.60. The summed E-state index contributed by atoms with van der Waals surface area (Å²) in [7, 11) is 0. The molecule has 0 spiro atoms. The van der Waals surface area contributed by atoms with Gasteiger partial charge in [0.15, 0.2) is 6.61 Å². The molecule has 1 aromatic rings. The van der Waals surface area contributed by atoms with Crippen molar-refractivity contribution in [1.82, 2.24) is 5.32 Å². The molecular weight excluding hydrogens is 274 g/mol. The number of nitrogens with one attached hydrogen (secondary N) is 1. The number of amides is 1. The number of thiophene rings is 1. The molecule has 0 unspecified atom stereocenters. The number of carbonyl (C=O) groups is 2. The van der Waals surface area contributed by atoms with Crippen molar-refractivity contribution in [2.45, 2.75) is 52.0 Å². The summed E-state index contributed by atoms with van der Waals surface area (Å²) in [4.78, 5) is 24.9. The molecule has 0 saturated heterocycles. The monoisotopic (exact) mass is 295 g/mol. The minimum Gasteiger partial charge on any atom is -0.452 e. The SMILES string of the molecule is CC[C@H](C)NC(=O)COC(=O)c1csc2c1CCCC2. The Bertz CT molecular complexity index is 495. The first kappa shape index (κ1) is 15.0. The third-order valence-electron chi connectivity index (χ3n) is 3.64. The van der Waals surface area contributed by atoms with Crippen molar-refractivity contribution in [2.75, 3.05) is 6.61 Å². The van der Waals surface area contributed by atoms with Gasteiger partial charge < -0.3 is 10.1 Å². The zero-order chi connectivity index (χ0) is 14.5. The van der Waals surface area contributed by atoms with E-state index in [1.54, 1.807) is 11.3 Å². The maximum Gasteiger partial charge on any atom is 0.339 e. The Kier molecular flexibility index (Phi) is 5.17. The van der Waals surface area contributed by atoms with Crippen LogP contribution in [0.4, 0.5) is 0 Å². The Hall–Kier alpha value is -1.36. The lowest BCUT2D eigenvalue weighted by atomic mass is 9.96. The van der Waals surface area contributed by atoms with Gasteiger partial charge in [0.25, 0.3) is 5.91 Å². The Labute approximate surface area is 123 Å². The molecule has 0 bridgehead atoms. The molecule has 20 heavy (non-hydrogen) atoms. The van der Waals surface area contributed by atoms with Crippen LogP contribution in [-0.2, 0) is 22.4 Å². The van der Waals surface area contributed by atoms with Crippen molar-refractivity contribution in [3.8, 4) is 0 Å². The van der Waals surface area contributed by atoms with Crippen molar-refractivity contribution >= 4 is 23.2 Å². The molecule has 0 aliphatic heterocycles. The van der Waals surface area contributed by atoms with Gasteiger partial charge in [-0.25, -0.2) is 4.79 Å². The van der Waals surface area contributed by atoms with E-state index in [0.29, 0.717) is 5.56 Å². The van der Waals surface area contributed by atoms with Crippen molar-refractivity contribution in [3.63, 3.8) is 0 Å². The van der Waals surface area contributed by atoms with E-state index in [-0.39, 0.29) is 24.5 Å². The van der Waals surface area contributed by atoms with Gasteiger partial charge in [-0.05, 0) is 44.6 Å². The van der Waals surface area contributed by atoms with E-state index >= 15 is 0 Å². The molecule has 0 fully saturated rings.